The Morgan fingerprint density at radius 1 is 1.04 bits per heavy atom. The van der Waals surface area contributed by atoms with E-state index in [4.69, 9.17) is 23.2 Å². The van der Waals surface area contributed by atoms with E-state index in [1.54, 1.807) is 24.3 Å². The van der Waals surface area contributed by atoms with Crippen LogP contribution in [-0.2, 0) is 21.4 Å². The highest BCUT2D eigenvalue weighted by atomic mass is 35.5. The zero-order chi connectivity index (χ0) is 19.5. The minimum atomic E-state index is -3.59. The molecular weight excluding hydrogens is 395 g/mol. The number of hydrogen-bond acceptors (Lipinski definition) is 3. The van der Waals surface area contributed by atoms with Gasteiger partial charge in [-0.3, -0.25) is 4.79 Å². The van der Waals surface area contributed by atoms with Crippen molar-refractivity contribution in [2.75, 3.05) is 18.1 Å². The number of sulfonamides is 1. The number of carbonyl (C=O) groups excluding carboxylic acids is 1. The lowest BCUT2D eigenvalue weighted by molar-refractivity contribution is -0.116. The second-order valence-corrected chi connectivity index (χ2v) is 8.92. The number of carbonyl (C=O) groups is 1. The van der Waals surface area contributed by atoms with Crippen molar-refractivity contribution < 1.29 is 13.2 Å². The Morgan fingerprint density at radius 2 is 1.73 bits per heavy atom. The van der Waals surface area contributed by atoms with Gasteiger partial charge in [-0.15, -0.1) is 0 Å². The first kappa shape index (κ1) is 20.7. The first-order valence-electron chi connectivity index (χ1n) is 7.82. The van der Waals surface area contributed by atoms with Gasteiger partial charge in [0.1, 0.15) is 0 Å². The molecule has 0 spiro atoms. The van der Waals surface area contributed by atoms with Gasteiger partial charge >= 0.3 is 0 Å². The van der Waals surface area contributed by atoms with E-state index in [-0.39, 0.29) is 13.1 Å². The number of benzene rings is 2. The second kappa shape index (κ2) is 8.39. The lowest BCUT2D eigenvalue weighted by Gasteiger charge is -2.20. The van der Waals surface area contributed by atoms with Gasteiger partial charge in [0.25, 0.3) is 0 Å². The summed E-state index contributed by atoms with van der Waals surface area (Å²) >= 11 is 11.9. The molecule has 1 N–H and O–H groups in total. The van der Waals surface area contributed by atoms with Crippen molar-refractivity contribution in [3.8, 4) is 0 Å². The lowest BCUT2D eigenvalue weighted by atomic mass is 10.1. The van der Waals surface area contributed by atoms with Crippen LogP contribution in [0.2, 0.25) is 10.0 Å². The summed E-state index contributed by atoms with van der Waals surface area (Å²) in [7, 11) is -3.59. The summed E-state index contributed by atoms with van der Waals surface area (Å²) in [5, 5.41) is 3.44. The molecule has 2 rings (SSSR count). The number of nitrogens with zero attached hydrogens (tertiary/aromatic N) is 1. The molecule has 140 valence electrons. The molecule has 0 saturated carbocycles. The van der Waals surface area contributed by atoms with E-state index in [2.05, 4.69) is 5.32 Å². The zero-order valence-electron chi connectivity index (χ0n) is 14.7. The van der Waals surface area contributed by atoms with Crippen molar-refractivity contribution >= 4 is 44.8 Å². The molecule has 2 aromatic rings. The first-order chi connectivity index (χ1) is 12.1. The molecule has 0 atom stereocenters. The predicted molar refractivity (Wildman–Crippen MR) is 106 cm³/mol. The molecule has 0 unspecified atom stereocenters. The van der Waals surface area contributed by atoms with Gasteiger partial charge in [0.05, 0.1) is 22.8 Å². The minimum Gasteiger partial charge on any atom is -0.325 e. The summed E-state index contributed by atoms with van der Waals surface area (Å²) in [5.41, 5.74) is 3.42. The Morgan fingerprint density at radius 3 is 2.31 bits per heavy atom. The van der Waals surface area contributed by atoms with Gasteiger partial charge < -0.3 is 5.32 Å². The van der Waals surface area contributed by atoms with Crippen LogP contribution in [-0.4, -0.2) is 31.4 Å². The van der Waals surface area contributed by atoms with Crippen molar-refractivity contribution in [1.82, 2.24) is 4.31 Å². The van der Waals surface area contributed by atoms with Crippen LogP contribution in [0.5, 0.6) is 0 Å². The van der Waals surface area contributed by atoms with Crippen molar-refractivity contribution in [2.45, 2.75) is 20.4 Å². The molecule has 1 amide bonds. The van der Waals surface area contributed by atoms with E-state index in [1.165, 1.54) is 0 Å². The number of hydrogen-bond donors (Lipinski definition) is 1. The maximum Gasteiger partial charge on any atom is 0.239 e. The highest BCUT2D eigenvalue weighted by Crippen LogP contribution is 2.23. The van der Waals surface area contributed by atoms with Crippen molar-refractivity contribution in [3.05, 3.63) is 63.1 Å². The number of rotatable bonds is 6. The Bertz CT molecular complexity index is 930. The number of aryl methyl sites for hydroxylation is 2. The fourth-order valence-electron chi connectivity index (χ4n) is 2.31. The summed E-state index contributed by atoms with van der Waals surface area (Å²) in [6.07, 6.45) is 1.06. The predicted octanol–water partition coefficient (Wildman–Crippen LogP) is 4.01. The van der Waals surface area contributed by atoms with Gasteiger partial charge in [0.15, 0.2) is 0 Å². The molecule has 0 fully saturated rings. The third-order valence-electron chi connectivity index (χ3n) is 3.92. The van der Waals surface area contributed by atoms with Crippen LogP contribution < -0.4 is 5.32 Å². The average Bonchev–Trinajstić information content (AvgIpc) is 2.53. The summed E-state index contributed by atoms with van der Waals surface area (Å²) in [6.45, 7) is 3.64. The summed E-state index contributed by atoms with van der Waals surface area (Å²) in [6, 6.07) is 10.4. The lowest BCUT2D eigenvalue weighted by Crippen LogP contribution is -2.36. The smallest absolute Gasteiger partial charge is 0.239 e. The highest BCUT2D eigenvalue weighted by Gasteiger charge is 2.21. The molecule has 0 aromatic heterocycles. The van der Waals surface area contributed by atoms with E-state index in [0.29, 0.717) is 21.3 Å². The summed E-state index contributed by atoms with van der Waals surface area (Å²) in [5.74, 6) is -0.418. The Hall–Kier alpha value is -1.60. The van der Waals surface area contributed by atoms with E-state index >= 15 is 0 Å². The zero-order valence-corrected chi connectivity index (χ0v) is 17.0. The molecule has 0 aliphatic heterocycles. The topological polar surface area (TPSA) is 66.5 Å². The van der Waals surface area contributed by atoms with Gasteiger partial charge in [-0.25, -0.2) is 8.42 Å². The Labute approximate surface area is 164 Å². The number of anilines is 1. The van der Waals surface area contributed by atoms with Crippen LogP contribution in [0.3, 0.4) is 0 Å². The molecule has 2 aromatic carbocycles. The summed E-state index contributed by atoms with van der Waals surface area (Å²) < 4.78 is 25.2. The van der Waals surface area contributed by atoms with Crippen molar-refractivity contribution in [1.29, 1.82) is 0 Å². The first-order valence-corrected chi connectivity index (χ1v) is 10.4. The van der Waals surface area contributed by atoms with Gasteiger partial charge in [0, 0.05) is 12.2 Å². The van der Waals surface area contributed by atoms with Crippen molar-refractivity contribution in [2.24, 2.45) is 0 Å². The van der Waals surface area contributed by atoms with Crippen LogP contribution in [0.4, 0.5) is 5.69 Å². The fourth-order valence-corrected chi connectivity index (χ4v) is 3.37. The quantitative estimate of drug-likeness (QED) is 0.775. The molecule has 8 heteroatoms. The second-order valence-electron chi connectivity index (χ2n) is 6.13. The van der Waals surface area contributed by atoms with E-state index in [9.17, 15) is 13.2 Å². The van der Waals surface area contributed by atoms with Crippen molar-refractivity contribution in [3.63, 3.8) is 0 Å². The molecule has 0 radical (unpaired) electrons. The minimum absolute atomic E-state index is 0.0239. The van der Waals surface area contributed by atoms with Gasteiger partial charge in [-0.05, 0) is 54.8 Å². The highest BCUT2D eigenvalue weighted by molar-refractivity contribution is 7.88. The van der Waals surface area contributed by atoms with Crippen LogP contribution in [0.25, 0.3) is 0 Å². The summed E-state index contributed by atoms with van der Waals surface area (Å²) in [4.78, 5) is 12.3. The maximum atomic E-state index is 12.3. The SMILES string of the molecule is Cc1ccc(NC(=O)CN(Cc2ccc(Cl)c(Cl)c2)S(C)(=O)=O)cc1C. The molecule has 0 aliphatic rings. The molecule has 0 saturated heterocycles. The van der Waals surface area contributed by atoms with Crippen LogP contribution in [0.1, 0.15) is 16.7 Å². The monoisotopic (exact) mass is 414 g/mol. The van der Waals surface area contributed by atoms with E-state index < -0.39 is 15.9 Å². The van der Waals surface area contributed by atoms with Gasteiger partial charge in [0.2, 0.25) is 15.9 Å². The van der Waals surface area contributed by atoms with Crippen LogP contribution in [0, 0.1) is 13.8 Å². The number of nitrogens with one attached hydrogen (secondary N) is 1. The standard InChI is InChI=1S/C18H20Cl2N2O3S/c1-12-4-6-15(8-13(12)2)21-18(23)11-22(26(3,24)25)10-14-5-7-16(19)17(20)9-14/h4-9H,10-11H2,1-3H3,(H,21,23). The number of halogens is 2. The molecule has 5 nitrogen and oxygen atoms in total. The van der Waals surface area contributed by atoms with E-state index in [1.807, 2.05) is 26.0 Å². The van der Waals surface area contributed by atoms with Crippen LogP contribution in [0.15, 0.2) is 36.4 Å². The molecule has 0 heterocycles. The molecule has 0 bridgehead atoms. The molecular formula is C18H20Cl2N2O3S. The normalized spacial score (nSPS) is 11.6. The fraction of sp³-hybridized carbons (Fsp3) is 0.278. The Balaban J connectivity index is 2.13. The van der Waals surface area contributed by atoms with Gasteiger partial charge in [-0.1, -0.05) is 35.3 Å². The largest absolute Gasteiger partial charge is 0.325 e. The third kappa shape index (κ3) is 5.71. The molecule has 0 aliphatic carbocycles. The average molecular weight is 415 g/mol. The maximum absolute atomic E-state index is 12.3. The van der Waals surface area contributed by atoms with Gasteiger partial charge in [-0.2, -0.15) is 4.31 Å². The van der Waals surface area contributed by atoms with Crippen LogP contribution >= 0.6 is 23.2 Å². The number of amides is 1. The molecule has 26 heavy (non-hydrogen) atoms. The Kier molecular flexibility index (Phi) is 6.69. The third-order valence-corrected chi connectivity index (χ3v) is 5.86. The van der Waals surface area contributed by atoms with E-state index in [0.717, 1.165) is 21.7 Å².